The SMILES string of the molecule is CSc1cc2sccc2[nH]1. The molecule has 52 valence electrons. The Morgan fingerprint density at radius 3 is 3.20 bits per heavy atom. The normalized spacial score (nSPS) is 10.9. The number of thiophene rings is 1. The third-order valence-electron chi connectivity index (χ3n) is 1.44. The molecule has 0 aliphatic rings. The number of aromatic amines is 1. The summed E-state index contributed by atoms with van der Waals surface area (Å²) in [5.41, 5.74) is 1.26. The first-order valence-corrected chi connectivity index (χ1v) is 5.11. The Hall–Kier alpha value is -0.410. The first-order chi connectivity index (χ1) is 4.90. The molecule has 3 heteroatoms. The van der Waals surface area contributed by atoms with E-state index in [1.54, 1.807) is 23.1 Å². The van der Waals surface area contributed by atoms with Gasteiger partial charge in [-0.05, 0) is 23.8 Å². The molecule has 0 fully saturated rings. The molecule has 0 radical (unpaired) electrons. The molecule has 0 aliphatic heterocycles. The largest absolute Gasteiger partial charge is 0.349 e. The Morgan fingerprint density at radius 2 is 2.50 bits per heavy atom. The van der Waals surface area contributed by atoms with Gasteiger partial charge in [-0.3, -0.25) is 0 Å². The van der Waals surface area contributed by atoms with Crippen LogP contribution in [0.1, 0.15) is 0 Å². The number of nitrogens with one attached hydrogen (secondary N) is 1. The average molecular weight is 169 g/mol. The van der Waals surface area contributed by atoms with E-state index in [1.807, 2.05) is 0 Å². The molecule has 0 spiro atoms. The van der Waals surface area contributed by atoms with Crippen molar-refractivity contribution in [3.63, 3.8) is 0 Å². The van der Waals surface area contributed by atoms with Gasteiger partial charge in [-0.15, -0.1) is 23.1 Å². The maximum Gasteiger partial charge on any atom is 0.0738 e. The Balaban J connectivity index is 2.67. The van der Waals surface area contributed by atoms with Gasteiger partial charge >= 0.3 is 0 Å². The number of hydrogen-bond acceptors (Lipinski definition) is 2. The van der Waals surface area contributed by atoms with Crippen LogP contribution >= 0.6 is 23.1 Å². The van der Waals surface area contributed by atoms with Crippen LogP contribution in [0.3, 0.4) is 0 Å². The van der Waals surface area contributed by atoms with Gasteiger partial charge in [-0.2, -0.15) is 0 Å². The van der Waals surface area contributed by atoms with Crippen LogP contribution in [0.25, 0.3) is 10.2 Å². The van der Waals surface area contributed by atoms with E-state index in [0.29, 0.717) is 0 Å². The van der Waals surface area contributed by atoms with Crippen molar-refractivity contribution in [3.8, 4) is 0 Å². The van der Waals surface area contributed by atoms with E-state index in [0.717, 1.165) is 0 Å². The second kappa shape index (κ2) is 2.32. The van der Waals surface area contributed by atoms with Crippen molar-refractivity contribution >= 4 is 33.3 Å². The summed E-state index contributed by atoms with van der Waals surface area (Å²) in [6.45, 7) is 0. The molecule has 0 saturated carbocycles. The van der Waals surface area contributed by atoms with Crippen LogP contribution in [-0.2, 0) is 0 Å². The van der Waals surface area contributed by atoms with Gasteiger partial charge in [0.1, 0.15) is 0 Å². The molecule has 0 aromatic carbocycles. The molecule has 1 N–H and O–H groups in total. The molecule has 0 atom stereocenters. The number of hydrogen-bond donors (Lipinski definition) is 1. The molecule has 10 heavy (non-hydrogen) atoms. The molecular formula is C7H7NS2. The zero-order chi connectivity index (χ0) is 6.97. The van der Waals surface area contributed by atoms with E-state index < -0.39 is 0 Å². The molecule has 0 aliphatic carbocycles. The Kier molecular flexibility index (Phi) is 1.47. The minimum absolute atomic E-state index is 1.25. The van der Waals surface area contributed by atoms with Crippen LogP contribution in [0.4, 0.5) is 0 Å². The first-order valence-electron chi connectivity index (χ1n) is 3.00. The van der Waals surface area contributed by atoms with E-state index in [4.69, 9.17) is 0 Å². The molecule has 0 saturated heterocycles. The number of rotatable bonds is 1. The average Bonchev–Trinajstić information content (AvgIpc) is 2.42. The maximum atomic E-state index is 3.30. The summed E-state index contributed by atoms with van der Waals surface area (Å²) in [5, 5.41) is 3.35. The highest BCUT2D eigenvalue weighted by molar-refractivity contribution is 7.98. The maximum absolute atomic E-state index is 3.30. The number of aromatic nitrogens is 1. The van der Waals surface area contributed by atoms with Crippen LogP contribution < -0.4 is 0 Å². The van der Waals surface area contributed by atoms with Crippen molar-refractivity contribution in [2.75, 3.05) is 6.26 Å². The van der Waals surface area contributed by atoms with Gasteiger partial charge < -0.3 is 4.98 Å². The minimum Gasteiger partial charge on any atom is -0.349 e. The van der Waals surface area contributed by atoms with Crippen molar-refractivity contribution in [3.05, 3.63) is 17.5 Å². The summed E-state index contributed by atoms with van der Waals surface area (Å²) in [5.74, 6) is 0. The van der Waals surface area contributed by atoms with E-state index >= 15 is 0 Å². The summed E-state index contributed by atoms with van der Waals surface area (Å²) < 4.78 is 1.35. The molecule has 2 aromatic heterocycles. The van der Waals surface area contributed by atoms with Gasteiger partial charge in [0.25, 0.3) is 0 Å². The van der Waals surface area contributed by atoms with Gasteiger partial charge in [0, 0.05) is 0 Å². The van der Waals surface area contributed by atoms with Crippen LogP contribution in [0, 0.1) is 0 Å². The van der Waals surface area contributed by atoms with Crippen LogP contribution in [0.15, 0.2) is 22.5 Å². The molecular weight excluding hydrogens is 162 g/mol. The summed E-state index contributed by atoms with van der Waals surface area (Å²) >= 11 is 3.53. The third-order valence-corrected chi connectivity index (χ3v) is 2.96. The molecule has 2 heterocycles. The quantitative estimate of drug-likeness (QED) is 0.649. The lowest BCUT2D eigenvalue weighted by molar-refractivity contribution is 1.25. The van der Waals surface area contributed by atoms with Gasteiger partial charge in [0.2, 0.25) is 0 Å². The molecule has 2 aromatic rings. The summed E-state index contributed by atoms with van der Waals surface area (Å²) in [6.07, 6.45) is 2.08. The van der Waals surface area contributed by atoms with E-state index in [-0.39, 0.29) is 0 Å². The molecule has 1 nitrogen and oxygen atoms in total. The predicted octanol–water partition coefficient (Wildman–Crippen LogP) is 2.95. The molecule has 0 amide bonds. The molecule has 0 unspecified atom stereocenters. The zero-order valence-corrected chi connectivity index (χ0v) is 7.18. The van der Waals surface area contributed by atoms with Crippen LogP contribution in [0.2, 0.25) is 0 Å². The van der Waals surface area contributed by atoms with Crippen molar-refractivity contribution in [2.24, 2.45) is 0 Å². The number of thioether (sulfide) groups is 1. The predicted molar refractivity (Wildman–Crippen MR) is 48.0 cm³/mol. The standard InChI is InChI=1S/C7H7NS2/c1-9-7-4-6-5(8-7)2-3-10-6/h2-4,8H,1H3. The summed E-state index contributed by atoms with van der Waals surface area (Å²) in [4.78, 5) is 3.30. The smallest absolute Gasteiger partial charge is 0.0738 e. The topological polar surface area (TPSA) is 15.8 Å². The second-order valence-electron chi connectivity index (χ2n) is 2.04. The summed E-state index contributed by atoms with van der Waals surface area (Å²) in [7, 11) is 0. The fourth-order valence-electron chi connectivity index (χ4n) is 0.934. The Labute approximate surface area is 67.5 Å². The lowest BCUT2D eigenvalue weighted by Crippen LogP contribution is -1.62. The fourth-order valence-corrected chi connectivity index (χ4v) is 2.24. The Bertz CT molecular complexity index is 305. The van der Waals surface area contributed by atoms with Crippen LogP contribution in [0.5, 0.6) is 0 Å². The highest BCUT2D eigenvalue weighted by Gasteiger charge is 1.98. The van der Waals surface area contributed by atoms with Crippen LogP contribution in [-0.4, -0.2) is 11.2 Å². The third kappa shape index (κ3) is 0.859. The Morgan fingerprint density at radius 1 is 1.60 bits per heavy atom. The van der Waals surface area contributed by atoms with Gasteiger partial charge in [0.15, 0.2) is 0 Å². The lowest BCUT2D eigenvalue weighted by atomic mass is 10.5. The fraction of sp³-hybridized carbons (Fsp3) is 0.143. The van der Waals surface area contributed by atoms with E-state index in [2.05, 4.69) is 28.8 Å². The zero-order valence-electron chi connectivity index (χ0n) is 5.55. The lowest BCUT2D eigenvalue weighted by Gasteiger charge is -1.83. The van der Waals surface area contributed by atoms with Crippen molar-refractivity contribution in [1.29, 1.82) is 0 Å². The number of H-pyrrole nitrogens is 1. The highest BCUT2D eigenvalue weighted by atomic mass is 32.2. The first kappa shape index (κ1) is 6.31. The van der Waals surface area contributed by atoms with Gasteiger partial charge in [-0.25, -0.2) is 0 Å². The van der Waals surface area contributed by atoms with Gasteiger partial charge in [0.05, 0.1) is 15.2 Å². The number of fused-ring (bicyclic) bond motifs is 1. The molecule has 0 bridgehead atoms. The second-order valence-corrected chi connectivity index (χ2v) is 3.83. The van der Waals surface area contributed by atoms with E-state index in [1.165, 1.54) is 15.2 Å². The summed E-state index contributed by atoms with van der Waals surface area (Å²) in [6, 6.07) is 4.30. The highest BCUT2D eigenvalue weighted by Crippen LogP contribution is 2.25. The minimum atomic E-state index is 1.25. The monoisotopic (exact) mass is 169 g/mol. The van der Waals surface area contributed by atoms with E-state index in [9.17, 15) is 0 Å². The molecule has 2 rings (SSSR count). The van der Waals surface area contributed by atoms with Gasteiger partial charge in [-0.1, -0.05) is 0 Å². The van der Waals surface area contributed by atoms with Crippen molar-refractivity contribution in [1.82, 2.24) is 4.98 Å². The van der Waals surface area contributed by atoms with Crippen molar-refractivity contribution < 1.29 is 0 Å². The van der Waals surface area contributed by atoms with Crippen molar-refractivity contribution in [2.45, 2.75) is 5.03 Å².